The molecule has 0 fully saturated rings. The third-order valence-corrected chi connectivity index (χ3v) is 5.50. The van der Waals surface area contributed by atoms with Crippen molar-refractivity contribution < 1.29 is 9.53 Å². The van der Waals surface area contributed by atoms with Gasteiger partial charge in [-0.15, -0.1) is 11.3 Å². The van der Waals surface area contributed by atoms with Crippen molar-refractivity contribution in [1.29, 1.82) is 0 Å². The third kappa shape index (κ3) is 4.46. The van der Waals surface area contributed by atoms with Gasteiger partial charge in [0.25, 0.3) is 5.91 Å². The number of nitrogens with one attached hydrogen (secondary N) is 1. The molecule has 138 valence electrons. The van der Waals surface area contributed by atoms with Crippen LogP contribution in [0.3, 0.4) is 0 Å². The molecule has 0 saturated heterocycles. The van der Waals surface area contributed by atoms with Crippen molar-refractivity contribution in [1.82, 2.24) is 14.9 Å². The predicted octanol–water partition coefficient (Wildman–Crippen LogP) is 3.71. The number of methoxy groups -OCH3 is 1. The van der Waals surface area contributed by atoms with Gasteiger partial charge >= 0.3 is 0 Å². The molecule has 6 nitrogen and oxygen atoms in total. The SMILES string of the molecule is CCCCN(C)C(=O)c1sc2ncnc(NC(CC)COC)c2c1C. The lowest BCUT2D eigenvalue weighted by atomic mass is 10.1. The smallest absolute Gasteiger partial charge is 0.264 e. The van der Waals surface area contributed by atoms with Gasteiger partial charge in [0.2, 0.25) is 0 Å². The minimum Gasteiger partial charge on any atom is -0.383 e. The van der Waals surface area contributed by atoms with Crippen LogP contribution >= 0.6 is 11.3 Å². The molecule has 0 bridgehead atoms. The Bertz CT molecular complexity index is 716. The van der Waals surface area contributed by atoms with E-state index in [4.69, 9.17) is 4.74 Å². The van der Waals surface area contributed by atoms with Crippen molar-refractivity contribution in [3.05, 3.63) is 16.8 Å². The van der Waals surface area contributed by atoms with Crippen molar-refractivity contribution >= 4 is 33.3 Å². The zero-order valence-corrected chi connectivity index (χ0v) is 16.6. The molecular weight excluding hydrogens is 336 g/mol. The second kappa shape index (κ2) is 9.10. The monoisotopic (exact) mass is 364 g/mol. The molecule has 2 rings (SSSR count). The number of rotatable bonds is 9. The number of unbranched alkanes of at least 4 members (excludes halogenated alkanes) is 1. The van der Waals surface area contributed by atoms with Crippen molar-refractivity contribution in [3.63, 3.8) is 0 Å². The van der Waals surface area contributed by atoms with Gasteiger partial charge in [0.05, 0.1) is 22.9 Å². The fourth-order valence-electron chi connectivity index (χ4n) is 2.71. The van der Waals surface area contributed by atoms with Crippen LogP contribution in [-0.4, -0.2) is 54.1 Å². The lowest BCUT2D eigenvalue weighted by Gasteiger charge is -2.17. The standard InChI is InChI=1S/C18H28N4O2S/c1-6-8-9-22(4)18(23)15-12(3)14-16(19-11-20-17(14)25-15)21-13(7-2)10-24-5/h11,13H,6-10H2,1-5H3,(H,19,20,21). The summed E-state index contributed by atoms with van der Waals surface area (Å²) in [6.07, 6.45) is 4.55. The molecular formula is C18H28N4O2S. The van der Waals surface area contributed by atoms with Gasteiger partial charge in [-0.1, -0.05) is 20.3 Å². The van der Waals surface area contributed by atoms with Gasteiger partial charge in [-0.05, 0) is 25.3 Å². The van der Waals surface area contributed by atoms with Crippen molar-refractivity contribution in [2.24, 2.45) is 0 Å². The summed E-state index contributed by atoms with van der Waals surface area (Å²) in [5.41, 5.74) is 0.948. The van der Waals surface area contributed by atoms with Crippen LogP contribution < -0.4 is 5.32 Å². The van der Waals surface area contributed by atoms with E-state index in [1.807, 2.05) is 14.0 Å². The van der Waals surface area contributed by atoms with Crippen LogP contribution in [0.4, 0.5) is 5.82 Å². The van der Waals surface area contributed by atoms with E-state index in [1.54, 1.807) is 18.3 Å². The van der Waals surface area contributed by atoms with Gasteiger partial charge < -0.3 is 15.0 Å². The summed E-state index contributed by atoms with van der Waals surface area (Å²) in [5, 5.41) is 4.37. The maximum absolute atomic E-state index is 12.8. The minimum absolute atomic E-state index is 0.0591. The van der Waals surface area contributed by atoms with Crippen molar-refractivity contribution in [3.8, 4) is 0 Å². The van der Waals surface area contributed by atoms with Gasteiger partial charge in [0.1, 0.15) is 17.0 Å². The number of nitrogens with zero attached hydrogens (tertiary/aromatic N) is 3. The minimum atomic E-state index is 0.0591. The fraction of sp³-hybridized carbons (Fsp3) is 0.611. The topological polar surface area (TPSA) is 67.4 Å². The second-order valence-electron chi connectivity index (χ2n) is 6.24. The summed E-state index contributed by atoms with van der Waals surface area (Å²) in [6.45, 7) is 7.59. The Balaban J connectivity index is 2.35. The molecule has 25 heavy (non-hydrogen) atoms. The van der Waals surface area contributed by atoms with E-state index in [0.29, 0.717) is 6.61 Å². The number of amides is 1. The van der Waals surface area contributed by atoms with E-state index in [1.165, 1.54) is 11.3 Å². The molecule has 0 saturated carbocycles. The average Bonchev–Trinajstić information content (AvgIpc) is 2.96. The van der Waals surface area contributed by atoms with Gasteiger partial charge in [0.15, 0.2) is 0 Å². The van der Waals surface area contributed by atoms with Gasteiger partial charge in [0, 0.05) is 20.7 Å². The Labute approximate surface area is 153 Å². The number of fused-ring (bicyclic) bond motifs is 1. The van der Waals surface area contributed by atoms with Crippen LogP contribution in [0.25, 0.3) is 10.2 Å². The van der Waals surface area contributed by atoms with E-state index >= 15 is 0 Å². The summed E-state index contributed by atoms with van der Waals surface area (Å²) >= 11 is 1.44. The molecule has 0 aliphatic carbocycles. The normalized spacial score (nSPS) is 12.4. The largest absolute Gasteiger partial charge is 0.383 e. The number of aromatic nitrogens is 2. The van der Waals surface area contributed by atoms with Crippen molar-refractivity contribution in [2.45, 2.75) is 46.1 Å². The molecule has 0 spiro atoms. The quantitative estimate of drug-likeness (QED) is 0.735. The van der Waals surface area contributed by atoms with Crippen LogP contribution in [0, 0.1) is 6.92 Å². The van der Waals surface area contributed by atoms with E-state index in [-0.39, 0.29) is 11.9 Å². The first-order chi connectivity index (χ1) is 12.0. The lowest BCUT2D eigenvalue weighted by molar-refractivity contribution is 0.0797. The number of hydrogen-bond donors (Lipinski definition) is 1. The average molecular weight is 365 g/mol. The highest BCUT2D eigenvalue weighted by atomic mass is 32.1. The maximum Gasteiger partial charge on any atom is 0.264 e. The number of hydrogen-bond acceptors (Lipinski definition) is 6. The van der Waals surface area contributed by atoms with Crippen molar-refractivity contribution in [2.75, 3.05) is 32.6 Å². The molecule has 0 aliphatic heterocycles. The highest BCUT2D eigenvalue weighted by molar-refractivity contribution is 7.20. The van der Waals surface area contributed by atoms with Crippen LogP contribution in [0.15, 0.2) is 6.33 Å². The Morgan fingerprint density at radius 2 is 2.16 bits per heavy atom. The molecule has 1 atom stereocenters. The molecule has 0 aromatic carbocycles. The Hall–Kier alpha value is -1.73. The number of anilines is 1. The summed E-state index contributed by atoms with van der Waals surface area (Å²) < 4.78 is 5.26. The zero-order chi connectivity index (χ0) is 18.4. The summed E-state index contributed by atoms with van der Waals surface area (Å²) in [5.74, 6) is 0.835. The van der Waals surface area contributed by atoms with Crippen LogP contribution in [0.1, 0.15) is 48.3 Å². The van der Waals surface area contributed by atoms with E-state index < -0.39 is 0 Å². The molecule has 0 aliphatic rings. The maximum atomic E-state index is 12.8. The molecule has 0 radical (unpaired) electrons. The Morgan fingerprint density at radius 1 is 1.40 bits per heavy atom. The predicted molar refractivity (Wildman–Crippen MR) is 104 cm³/mol. The van der Waals surface area contributed by atoms with Gasteiger partial charge in [-0.3, -0.25) is 4.79 Å². The van der Waals surface area contributed by atoms with E-state index in [9.17, 15) is 4.79 Å². The molecule has 2 aromatic heterocycles. The van der Waals surface area contributed by atoms with Gasteiger partial charge in [-0.25, -0.2) is 9.97 Å². The highest BCUT2D eigenvalue weighted by Gasteiger charge is 2.22. The molecule has 2 heterocycles. The fourth-order valence-corrected chi connectivity index (χ4v) is 3.85. The number of carbonyl (C=O) groups is 1. The molecule has 1 amide bonds. The second-order valence-corrected chi connectivity index (χ2v) is 7.24. The lowest BCUT2D eigenvalue weighted by Crippen LogP contribution is -2.27. The molecule has 2 aromatic rings. The number of aryl methyl sites for hydroxylation is 1. The van der Waals surface area contributed by atoms with E-state index in [0.717, 1.165) is 52.3 Å². The molecule has 1 unspecified atom stereocenters. The summed E-state index contributed by atoms with van der Waals surface area (Å²) in [7, 11) is 3.55. The Kier molecular flexibility index (Phi) is 7.13. The van der Waals surface area contributed by atoms with Gasteiger partial charge in [-0.2, -0.15) is 0 Å². The summed E-state index contributed by atoms with van der Waals surface area (Å²) in [4.78, 5) is 24.9. The number of carbonyl (C=O) groups excluding carboxylic acids is 1. The number of thiophene rings is 1. The third-order valence-electron chi connectivity index (χ3n) is 4.32. The van der Waals surface area contributed by atoms with Crippen LogP contribution in [0.5, 0.6) is 0 Å². The molecule has 7 heteroatoms. The zero-order valence-electron chi connectivity index (χ0n) is 15.8. The highest BCUT2D eigenvalue weighted by Crippen LogP contribution is 2.34. The first-order valence-corrected chi connectivity index (χ1v) is 9.60. The van der Waals surface area contributed by atoms with E-state index in [2.05, 4.69) is 29.1 Å². The summed E-state index contributed by atoms with van der Waals surface area (Å²) in [6, 6.07) is 0.175. The first-order valence-electron chi connectivity index (χ1n) is 8.78. The molecule has 1 N–H and O–H groups in total. The number of ether oxygens (including phenoxy) is 1. The first kappa shape index (κ1) is 19.6. The van der Waals surface area contributed by atoms with Crippen LogP contribution in [-0.2, 0) is 4.74 Å². The van der Waals surface area contributed by atoms with Crippen LogP contribution in [0.2, 0.25) is 0 Å². The Morgan fingerprint density at radius 3 is 2.80 bits per heavy atom.